The van der Waals surface area contributed by atoms with Crippen LogP contribution in [0.4, 0.5) is 4.79 Å². The van der Waals surface area contributed by atoms with E-state index in [1.165, 1.54) is 9.13 Å². The monoisotopic (exact) mass is 667 g/mol. The largest absolute Gasteiger partial charge is 0.490 e. The van der Waals surface area contributed by atoms with Crippen molar-refractivity contribution in [1.29, 1.82) is 0 Å². The number of allylic oxidation sites excluding steroid dienone is 1. The van der Waals surface area contributed by atoms with Gasteiger partial charge in [-0.3, -0.25) is 28.8 Å². The summed E-state index contributed by atoms with van der Waals surface area (Å²) < 4.78 is 14.3. The number of fused-ring (bicyclic) bond motifs is 1. The predicted octanol–water partition coefficient (Wildman–Crippen LogP) is 4.54. The van der Waals surface area contributed by atoms with Gasteiger partial charge in [-0.1, -0.05) is 42.0 Å². The van der Waals surface area contributed by atoms with Crippen LogP contribution in [0, 0.1) is 0 Å². The van der Waals surface area contributed by atoms with Crippen LogP contribution in [0.5, 0.6) is 5.75 Å². The number of aromatic nitrogens is 2. The van der Waals surface area contributed by atoms with E-state index >= 15 is 0 Å². The molecule has 1 saturated heterocycles. The zero-order chi connectivity index (χ0) is 34.3. The molecule has 12 nitrogen and oxygen atoms in total. The first-order valence-electron chi connectivity index (χ1n) is 15.6. The number of ether oxygens (including phenoxy) is 2. The summed E-state index contributed by atoms with van der Waals surface area (Å²) >= 11 is 6.64. The van der Waals surface area contributed by atoms with Crippen molar-refractivity contribution in [3.05, 3.63) is 69.1 Å². The Labute approximate surface area is 278 Å². The molecule has 13 heteroatoms. The van der Waals surface area contributed by atoms with Crippen LogP contribution in [0.2, 0.25) is 5.02 Å². The van der Waals surface area contributed by atoms with Gasteiger partial charge in [0.1, 0.15) is 24.0 Å². The quantitative estimate of drug-likeness (QED) is 0.178. The molecule has 0 spiro atoms. The van der Waals surface area contributed by atoms with Gasteiger partial charge in [0.25, 0.3) is 0 Å². The van der Waals surface area contributed by atoms with E-state index in [1.54, 1.807) is 33.9 Å². The third-order valence-corrected chi connectivity index (χ3v) is 8.11. The van der Waals surface area contributed by atoms with Gasteiger partial charge in [-0.2, -0.15) is 0 Å². The van der Waals surface area contributed by atoms with E-state index < -0.39 is 35.6 Å². The van der Waals surface area contributed by atoms with Crippen LogP contribution in [-0.2, 0) is 32.6 Å². The maximum Gasteiger partial charge on any atom is 0.407 e. The highest BCUT2D eigenvalue weighted by molar-refractivity contribution is 6.33. The van der Waals surface area contributed by atoms with Crippen molar-refractivity contribution >= 4 is 52.5 Å². The van der Waals surface area contributed by atoms with Crippen molar-refractivity contribution in [1.82, 2.24) is 19.8 Å². The number of hydrogen-bond donors (Lipinski definition) is 3. The van der Waals surface area contributed by atoms with Crippen LogP contribution in [0.25, 0.3) is 17.1 Å². The van der Waals surface area contributed by atoms with Crippen LogP contribution in [0.15, 0.2) is 47.3 Å². The topological polar surface area (TPSA) is 164 Å². The van der Waals surface area contributed by atoms with Crippen molar-refractivity contribution in [2.24, 2.45) is 12.8 Å². The first-order valence-corrected chi connectivity index (χ1v) is 16.0. The maximum atomic E-state index is 13.0. The number of nitrogens with one attached hydrogen (secondary N) is 2. The molecule has 0 bridgehead atoms. The number of primary amides is 1. The first-order chi connectivity index (χ1) is 22.2. The number of carbonyl (C=O) groups is 4. The molecule has 1 aliphatic heterocycles. The van der Waals surface area contributed by atoms with Gasteiger partial charge in [-0.25, -0.2) is 9.59 Å². The molecular weight excluding hydrogens is 626 g/mol. The lowest BCUT2D eigenvalue weighted by Gasteiger charge is -2.24. The van der Waals surface area contributed by atoms with Gasteiger partial charge in [0.05, 0.1) is 22.1 Å². The van der Waals surface area contributed by atoms with Crippen LogP contribution < -0.4 is 26.8 Å². The van der Waals surface area contributed by atoms with Crippen molar-refractivity contribution in [3.63, 3.8) is 0 Å². The number of nitrogens with two attached hydrogens (primary N) is 1. The highest BCUT2D eigenvalue weighted by Crippen LogP contribution is 2.30. The Balaban J connectivity index is 1.34. The van der Waals surface area contributed by atoms with Gasteiger partial charge in [-0.15, -0.1) is 0 Å². The van der Waals surface area contributed by atoms with Crippen molar-refractivity contribution in [2.45, 2.75) is 83.4 Å². The molecule has 252 valence electrons. The minimum absolute atomic E-state index is 0.0618. The summed E-state index contributed by atoms with van der Waals surface area (Å²) in [6, 6.07) is 9.97. The van der Waals surface area contributed by atoms with Crippen LogP contribution >= 0.6 is 11.6 Å². The van der Waals surface area contributed by atoms with E-state index in [0.717, 1.165) is 35.9 Å². The number of aryl methyl sites for hydroxylation is 2. The highest BCUT2D eigenvalue weighted by atomic mass is 35.5. The third-order valence-electron chi connectivity index (χ3n) is 7.70. The van der Waals surface area contributed by atoms with Crippen molar-refractivity contribution in [3.8, 4) is 5.75 Å². The number of hydrogen-bond acceptors (Lipinski definition) is 7. The van der Waals surface area contributed by atoms with E-state index in [9.17, 15) is 24.0 Å². The molecule has 1 fully saturated rings. The van der Waals surface area contributed by atoms with Gasteiger partial charge < -0.3 is 20.5 Å². The normalized spacial score (nSPS) is 15.9. The summed E-state index contributed by atoms with van der Waals surface area (Å²) in [6.45, 7) is 5.34. The second-order valence-corrected chi connectivity index (χ2v) is 13.0. The van der Waals surface area contributed by atoms with Gasteiger partial charge >= 0.3 is 11.8 Å². The predicted molar refractivity (Wildman–Crippen MR) is 179 cm³/mol. The molecule has 2 heterocycles. The average molecular weight is 668 g/mol. The summed E-state index contributed by atoms with van der Waals surface area (Å²) in [5.41, 5.74) is 7.55. The number of rotatable bonds is 13. The summed E-state index contributed by atoms with van der Waals surface area (Å²) in [5, 5.41) is 5.48. The first kappa shape index (κ1) is 35.3. The van der Waals surface area contributed by atoms with Gasteiger partial charge in [0.2, 0.25) is 17.7 Å². The molecule has 0 saturated carbocycles. The Bertz CT molecular complexity index is 1740. The second-order valence-electron chi connectivity index (χ2n) is 12.6. The summed E-state index contributed by atoms with van der Waals surface area (Å²) in [5.74, 6) is -0.826. The fourth-order valence-electron chi connectivity index (χ4n) is 5.37. The third kappa shape index (κ3) is 9.47. The number of benzene rings is 2. The van der Waals surface area contributed by atoms with Gasteiger partial charge in [-0.05, 0) is 82.2 Å². The lowest BCUT2D eigenvalue weighted by atomic mass is 10.0. The molecular formula is C34H42ClN5O7. The highest BCUT2D eigenvalue weighted by Gasteiger charge is 2.31. The molecule has 47 heavy (non-hydrogen) atoms. The maximum absolute atomic E-state index is 13.0. The van der Waals surface area contributed by atoms with E-state index in [4.69, 9.17) is 26.8 Å². The number of carbonyl (C=O) groups excluding carboxylic acids is 4. The Hall–Kier alpha value is -4.58. The number of imidazole rings is 1. The molecule has 1 aliphatic rings. The molecule has 0 radical (unpaired) electrons. The Morgan fingerprint density at radius 3 is 2.64 bits per heavy atom. The van der Waals surface area contributed by atoms with Crippen LogP contribution in [0.1, 0.15) is 76.5 Å². The zero-order valence-corrected chi connectivity index (χ0v) is 27.9. The van der Waals surface area contributed by atoms with Gasteiger partial charge in [0.15, 0.2) is 0 Å². The molecule has 2 aromatic carbocycles. The zero-order valence-electron chi connectivity index (χ0n) is 27.1. The van der Waals surface area contributed by atoms with E-state index in [-0.39, 0.29) is 37.5 Å². The fraction of sp³-hybridized carbons (Fsp3) is 0.441. The fourth-order valence-corrected chi connectivity index (χ4v) is 5.62. The summed E-state index contributed by atoms with van der Waals surface area (Å²) in [7, 11) is 1.68. The molecule has 3 aromatic rings. The molecule has 1 aromatic heterocycles. The molecule has 4 amide bonds. The molecule has 4 rings (SSSR count). The average Bonchev–Trinajstić information content (AvgIpc) is 3.23. The number of halogens is 1. The van der Waals surface area contributed by atoms with Crippen molar-refractivity contribution in [2.75, 3.05) is 6.61 Å². The lowest BCUT2D eigenvalue weighted by Crippen LogP contribution is -2.44. The smallest absolute Gasteiger partial charge is 0.407 e. The number of amides is 4. The van der Waals surface area contributed by atoms with Crippen LogP contribution in [-0.4, -0.2) is 51.2 Å². The minimum atomic E-state index is -0.715. The number of imide groups is 1. The SMILES string of the molecule is Cn1c(=O)n(C2CCC(=O)NC2=O)c2ccc(CCC/C=C/c3cccc(OCC(CCC(N)=O)NC(=O)OC(C)(C)C)c3Cl)cc21. The van der Waals surface area contributed by atoms with Crippen LogP contribution in [0.3, 0.4) is 0 Å². The number of alkyl carbamates (subject to hydrolysis) is 1. The minimum Gasteiger partial charge on any atom is -0.490 e. The van der Waals surface area contributed by atoms with Crippen molar-refractivity contribution < 1.29 is 28.7 Å². The number of unbranched alkanes of at least 4 members (excludes halogenated alkanes) is 1. The molecule has 0 aliphatic carbocycles. The van der Waals surface area contributed by atoms with Gasteiger partial charge in [0, 0.05) is 19.9 Å². The second kappa shape index (κ2) is 15.3. The number of piperidine rings is 1. The van der Waals surface area contributed by atoms with E-state index in [2.05, 4.69) is 10.6 Å². The lowest BCUT2D eigenvalue weighted by molar-refractivity contribution is -0.135. The Morgan fingerprint density at radius 1 is 1.17 bits per heavy atom. The summed E-state index contributed by atoms with van der Waals surface area (Å²) in [6.07, 6.45) is 6.55. The van der Waals surface area contributed by atoms with E-state index in [0.29, 0.717) is 22.7 Å². The standard InChI is InChI=1S/C34H42ClN5O7/c1-34(2,3)47-32(44)37-23(14-17-28(36)41)20-46-27-12-8-11-22(30(27)35)10-7-5-6-9-21-13-15-24-26(19-21)39(4)33(45)40(24)25-16-18-29(42)38-31(25)43/h7-8,10-13,15,19,23,25H,5-6,9,14,16-18,20H2,1-4H3,(H2,36,41)(H,37,44)(H,38,42,43)/b10-7+. The Kier molecular flexibility index (Phi) is 11.5. The molecule has 4 N–H and O–H groups in total. The molecule has 2 unspecified atom stereocenters. The van der Waals surface area contributed by atoms with E-state index in [1.807, 2.05) is 42.5 Å². The summed E-state index contributed by atoms with van der Waals surface area (Å²) in [4.78, 5) is 60.7. The Morgan fingerprint density at radius 2 is 1.94 bits per heavy atom. The number of nitrogens with zero attached hydrogens (tertiary/aromatic N) is 2. The molecule has 2 atom stereocenters.